The first-order chi connectivity index (χ1) is 15.3. The molecule has 2 heterocycles. The molecule has 1 aromatic heterocycles. The summed E-state index contributed by atoms with van der Waals surface area (Å²) in [7, 11) is 0. The van der Waals surface area contributed by atoms with Crippen molar-refractivity contribution in [2.75, 3.05) is 32.8 Å². The van der Waals surface area contributed by atoms with Gasteiger partial charge >= 0.3 is 0 Å². The third-order valence-electron chi connectivity index (χ3n) is 5.85. The van der Waals surface area contributed by atoms with E-state index in [1.54, 1.807) is 37.0 Å². The number of hydrogen-bond acceptors (Lipinski definition) is 4. The van der Waals surface area contributed by atoms with E-state index in [-0.39, 0.29) is 23.9 Å². The Bertz CT molecular complexity index is 1100. The molecule has 3 unspecified atom stereocenters. The third-order valence-corrected chi connectivity index (χ3v) is 6.50. The minimum atomic E-state index is -0.475. The Hall–Kier alpha value is -2.29. The molecule has 1 aromatic rings. The number of nitrogens with one attached hydrogen (secondary N) is 1. The summed E-state index contributed by atoms with van der Waals surface area (Å²) in [6.07, 6.45) is 7.66. The first kappa shape index (κ1) is 24.4. The van der Waals surface area contributed by atoms with Crippen molar-refractivity contribution in [3.63, 3.8) is 0 Å². The Morgan fingerprint density at radius 1 is 1.38 bits per heavy atom. The van der Waals surface area contributed by atoms with E-state index < -0.39 is 11.4 Å². The van der Waals surface area contributed by atoms with E-state index in [2.05, 4.69) is 5.10 Å². The quantitative estimate of drug-likeness (QED) is 0.498. The van der Waals surface area contributed by atoms with Crippen LogP contribution in [-0.4, -0.2) is 70.1 Å². The van der Waals surface area contributed by atoms with Crippen LogP contribution in [0, 0.1) is 5.92 Å². The van der Waals surface area contributed by atoms with E-state index in [1.165, 1.54) is 9.58 Å². The number of amides is 2. The van der Waals surface area contributed by atoms with Crippen molar-refractivity contribution in [1.82, 2.24) is 19.6 Å². The van der Waals surface area contributed by atoms with E-state index >= 15 is 0 Å². The summed E-state index contributed by atoms with van der Waals surface area (Å²) in [6, 6.07) is -0.406. The lowest BCUT2D eigenvalue weighted by atomic mass is 10.00. The molecule has 0 saturated carbocycles. The number of hydrogen-bond donors (Lipinski definition) is 1. The van der Waals surface area contributed by atoms with Gasteiger partial charge in [-0.2, -0.15) is 0 Å². The minimum absolute atomic E-state index is 0.126. The molecule has 10 heteroatoms. The minimum Gasteiger partial charge on any atom is -0.378 e. The van der Waals surface area contributed by atoms with Gasteiger partial charge in [-0.25, -0.2) is 4.68 Å². The summed E-state index contributed by atoms with van der Waals surface area (Å²) in [5, 5.41) is 4.10. The van der Waals surface area contributed by atoms with Crippen LogP contribution in [0.3, 0.4) is 0 Å². The molecule has 0 bridgehead atoms. The SMILES string of the molecule is CC=c1[nH]n(C2C(C)C=C(Cl)C=CC2Cl)c(=O)c1=C(C)N(C=O)CC(=O)N1CCOCC1. The molecule has 174 valence electrons. The second-order valence-corrected chi connectivity index (χ2v) is 8.82. The predicted octanol–water partition coefficient (Wildman–Crippen LogP) is 0.899. The average molecular weight is 483 g/mol. The topological polar surface area (TPSA) is 87.6 Å². The van der Waals surface area contributed by atoms with Crippen LogP contribution in [0.2, 0.25) is 0 Å². The Morgan fingerprint density at radius 3 is 2.69 bits per heavy atom. The van der Waals surface area contributed by atoms with E-state index in [0.717, 1.165) is 0 Å². The lowest BCUT2D eigenvalue weighted by Crippen LogP contribution is -2.47. The van der Waals surface area contributed by atoms with Crippen LogP contribution in [0.15, 0.2) is 28.1 Å². The average Bonchev–Trinajstić information content (AvgIpc) is 3.05. The van der Waals surface area contributed by atoms with Crippen LogP contribution in [-0.2, 0) is 14.3 Å². The van der Waals surface area contributed by atoms with Crippen LogP contribution in [0.1, 0.15) is 26.8 Å². The molecule has 1 aliphatic heterocycles. The Labute approximate surface area is 196 Å². The molecule has 2 aliphatic rings. The lowest BCUT2D eigenvalue weighted by molar-refractivity contribution is -0.137. The Morgan fingerprint density at radius 2 is 2.06 bits per heavy atom. The van der Waals surface area contributed by atoms with Crippen LogP contribution in [0.25, 0.3) is 11.8 Å². The largest absolute Gasteiger partial charge is 0.378 e. The van der Waals surface area contributed by atoms with Crippen molar-refractivity contribution in [3.8, 4) is 0 Å². The van der Waals surface area contributed by atoms with Gasteiger partial charge in [0.15, 0.2) is 0 Å². The summed E-state index contributed by atoms with van der Waals surface area (Å²) in [6.45, 7) is 7.15. The van der Waals surface area contributed by atoms with Crippen LogP contribution in [0.5, 0.6) is 0 Å². The number of H-pyrrole nitrogens is 1. The number of nitrogens with zero attached hydrogens (tertiary/aromatic N) is 3. The number of carbonyl (C=O) groups excluding carboxylic acids is 2. The molecule has 0 radical (unpaired) electrons. The summed E-state index contributed by atoms with van der Waals surface area (Å²) in [5.41, 5.74) is 0.0785. The standard InChI is InChI=1S/C22H28Cl2N4O4/c1-4-18-20(15(3)27(13-29)12-19(30)26-7-9-32-10-8-26)22(31)28(25-18)21-14(2)11-16(23)5-6-17(21)24/h4-6,11,13-14,17,21,25H,7-10,12H2,1-3H3. The molecule has 1 saturated heterocycles. The first-order valence-electron chi connectivity index (χ1n) is 10.5. The molecule has 32 heavy (non-hydrogen) atoms. The van der Waals surface area contributed by atoms with Gasteiger partial charge in [0.2, 0.25) is 12.3 Å². The molecule has 2 amide bonds. The van der Waals surface area contributed by atoms with Gasteiger partial charge in [0.25, 0.3) is 5.56 Å². The lowest BCUT2D eigenvalue weighted by Gasteiger charge is -2.28. The molecule has 3 rings (SSSR count). The maximum absolute atomic E-state index is 13.5. The highest BCUT2D eigenvalue weighted by Gasteiger charge is 2.29. The first-order valence-corrected chi connectivity index (χ1v) is 11.3. The fourth-order valence-electron chi connectivity index (χ4n) is 4.05. The number of carbonyl (C=O) groups is 2. The molecule has 1 aliphatic carbocycles. The zero-order valence-corrected chi connectivity index (χ0v) is 19.9. The molecule has 3 atom stereocenters. The fourth-order valence-corrected chi connectivity index (χ4v) is 4.73. The van der Waals surface area contributed by atoms with E-state index in [0.29, 0.717) is 54.0 Å². The van der Waals surface area contributed by atoms with Crippen molar-refractivity contribution in [3.05, 3.63) is 44.2 Å². The van der Waals surface area contributed by atoms with Gasteiger partial charge in [-0.1, -0.05) is 36.8 Å². The second-order valence-electron chi connectivity index (χ2n) is 7.88. The Balaban J connectivity index is 2.03. The van der Waals surface area contributed by atoms with Crippen LogP contribution < -0.4 is 16.1 Å². The molecule has 1 N–H and O–H groups in total. The van der Waals surface area contributed by atoms with Gasteiger partial charge in [-0.3, -0.25) is 19.5 Å². The highest BCUT2D eigenvalue weighted by atomic mass is 35.5. The molecular formula is C22H28Cl2N4O4. The van der Waals surface area contributed by atoms with E-state index in [1.807, 2.05) is 13.0 Å². The molecule has 1 fully saturated rings. The second kappa shape index (κ2) is 10.6. The number of morpholine rings is 1. The summed E-state index contributed by atoms with van der Waals surface area (Å²) < 4.78 is 6.76. The molecular weight excluding hydrogens is 455 g/mol. The van der Waals surface area contributed by atoms with Gasteiger partial charge < -0.3 is 14.5 Å². The zero-order valence-electron chi connectivity index (χ0n) is 18.4. The summed E-state index contributed by atoms with van der Waals surface area (Å²) >= 11 is 12.8. The van der Waals surface area contributed by atoms with E-state index in [9.17, 15) is 14.4 Å². The maximum atomic E-state index is 13.5. The molecule has 0 spiro atoms. The number of halogens is 2. The summed E-state index contributed by atoms with van der Waals surface area (Å²) in [4.78, 5) is 40.9. The normalized spacial score (nSPS) is 25.3. The number of rotatable bonds is 5. The van der Waals surface area contributed by atoms with Crippen LogP contribution >= 0.6 is 23.2 Å². The van der Waals surface area contributed by atoms with Crippen molar-refractivity contribution >= 4 is 47.3 Å². The predicted molar refractivity (Wildman–Crippen MR) is 125 cm³/mol. The highest BCUT2D eigenvalue weighted by molar-refractivity contribution is 6.31. The van der Waals surface area contributed by atoms with Crippen molar-refractivity contribution in [1.29, 1.82) is 0 Å². The summed E-state index contributed by atoms with van der Waals surface area (Å²) in [5.74, 6) is -0.319. The highest BCUT2D eigenvalue weighted by Crippen LogP contribution is 2.30. The van der Waals surface area contributed by atoms with Crippen LogP contribution in [0.4, 0.5) is 0 Å². The van der Waals surface area contributed by atoms with Crippen molar-refractivity contribution < 1.29 is 14.3 Å². The molecule has 0 aromatic carbocycles. The zero-order chi connectivity index (χ0) is 23.4. The Kier molecular flexibility index (Phi) is 8.03. The number of allylic oxidation sites excluding steroid dienone is 4. The van der Waals surface area contributed by atoms with Gasteiger partial charge in [-0.05, 0) is 19.9 Å². The van der Waals surface area contributed by atoms with E-state index in [4.69, 9.17) is 27.9 Å². The number of aromatic amines is 1. The smallest absolute Gasteiger partial charge is 0.276 e. The maximum Gasteiger partial charge on any atom is 0.276 e. The van der Waals surface area contributed by atoms with Gasteiger partial charge in [0.05, 0.1) is 35.2 Å². The third kappa shape index (κ3) is 5.03. The van der Waals surface area contributed by atoms with Gasteiger partial charge in [0, 0.05) is 29.7 Å². The van der Waals surface area contributed by atoms with Gasteiger partial charge in [0.1, 0.15) is 6.54 Å². The number of aromatic nitrogens is 2. The number of alkyl halides is 1. The monoisotopic (exact) mass is 482 g/mol. The number of ether oxygens (including phenoxy) is 1. The van der Waals surface area contributed by atoms with Crippen molar-refractivity contribution in [2.45, 2.75) is 32.2 Å². The molecule has 8 nitrogen and oxygen atoms in total. The fraction of sp³-hybridized carbons (Fsp3) is 0.500. The van der Waals surface area contributed by atoms with Gasteiger partial charge in [-0.15, -0.1) is 11.6 Å². The van der Waals surface area contributed by atoms with Crippen molar-refractivity contribution in [2.24, 2.45) is 5.92 Å².